The zero-order valence-corrected chi connectivity index (χ0v) is 13.5. The van der Waals surface area contributed by atoms with Crippen molar-refractivity contribution in [1.29, 1.82) is 21.0 Å². The molecule has 118 valence electrons. The van der Waals surface area contributed by atoms with Gasteiger partial charge in [-0.1, -0.05) is 25.7 Å². The highest BCUT2D eigenvalue weighted by molar-refractivity contribution is 5.30. The lowest BCUT2D eigenvalue weighted by molar-refractivity contribution is 0.127. The lowest BCUT2D eigenvalue weighted by Crippen LogP contribution is -2.56. The Balaban J connectivity index is 4.74. The van der Waals surface area contributed by atoms with Crippen LogP contribution in [0.3, 0.4) is 0 Å². The second kappa shape index (κ2) is 9.75. The fraction of sp³-hybridized carbons (Fsp3) is 0.750. The molecule has 0 saturated heterocycles. The molecular formula is C16H24N6. The fourth-order valence-electron chi connectivity index (χ4n) is 2.31. The number of hydrogen-bond donors (Lipinski definition) is 1. The third-order valence-electron chi connectivity index (χ3n) is 3.79. The van der Waals surface area contributed by atoms with Crippen LogP contribution >= 0.6 is 0 Å². The molecule has 0 rings (SSSR count). The molecule has 0 aliphatic carbocycles. The minimum Gasteiger partial charge on any atom is -0.330 e. The molecule has 0 aromatic carbocycles. The zero-order valence-electron chi connectivity index (χ0n) is 13.5. The van der Waals surface area contributed by atoms with Crippen molar-refractivity contribution >= 4 is 0 Å². The Kier molecular flexibility index (Phi) is 8.81. The number of rotatable bonds is 10. The van der Waals surface area contributed by atoms with Crippen LogP contribution in [0.5, 0.6) is 0 Å². The van der Waals surface area contributed by atoms with Gasteiger partial charge in [-0.2, -0.15) is 21.0 Å². The predicted molar refractivity (Wildman–Crippen MR) is 82.7 cm³/mol. The van der Waals surface area contributed by atoms with Crippen molar-refractivity contribution in [3.8, 4) is 24.3 Å². The van der Waals surface area contributed by atoms with E-state index in [1.54, 1.807) is 0 Å². The van der Waals surface area contributed by atoms with Gasteiger partial charge in [0.1, 0.15) is 24.3 Å². The number of nitriles is 4. The third-order valence-corrected chi connectivity index (χ3v) is 3.79. The molecule has 0 aromatic heterocycles. The first-order chi connectivity index (χ1) is 10.4. The number of hydrogen-bond acceptors (Lipinski definition) is 6. The maximum absolute atomic E-state index is 9.27. The van der Waals surface area contributed by atoms with Crippen LogP contribution in [-0.2, 0) is 0 Å². The minimum atomic E-state index is -1.49. The topological polar surface area (TPSA) is 124 Å². The van der Waals surface area contributed by atoms with E-state index in [2.05, 4.69) is 0 Å². The van der Waals surface area contributed by atoms with Gasteiger partial charge in [-0.05, 0) is 33.2 Å². The van der Waals surface area contributed by atoms with Gasteiger partial charge in [0.15, 0.2) is 11.1 Å². The van der Waals surface area contributed by atoms with Gasteiger partial charge in [0.25, 0.3) is 0 Å². The van der Waals surface area contributed by atoms with Gasteiger partial charge in [0, 0.05) is 6.54 Å². The molecule has 0 radical (unpaired) electrons. The SMILES string of the molecule is CC(C#N)(C#N)N(CCCCCCCCN)C(C)(C#N)C#N. The minimum absolute atomic E-state index is 0.367. The molecule has 0 fully saturated rings. The largest absolute Gasteiger partial charge is 0.330 e. The van der Waals surface area contributed by atoms with Crippen LogP contribution in [0.1, 0.15) is 52.4 Å². The molecule has 0 unspecified atom stereocenters. The molecule has 0 heterocycles. The first-order valence-electron chi connectivity index (χ1n) is 7.57. The van der Waals surface area contributed by atoms with Crippen molar-refractivity contribution < 1.29 is 0 Å². The molecule has 2 N–H and O–H groups in total. The molecule has 0 bridgehead atoms. The highest BCUT2D eigenvalue weighted by Crippen LogP contribution is 2.25. The summed E-state index contributed by atoms with van der Waals surface area (Å²) in [7, 11) is 0. The van der Waals surface area contributed by atoms with Crippen molar-refractivity contribution in [2.45, 2.75) is 63.5 Å². The lowest BCUT2D eigenvalue weighted by atomic mass is 9.93. The average molecular weight is 300 g/mol. The molecule has 22 heavy (non-hydrogen) atoms. The summed E-state index contributed by atoms with van der Waals surface area (Å²) in [6.45, 7) is 3.97. The van der Waals surface area contributed by atoms with Crippen molar-refractivity contribution in [1.82, 2.24) is 4.90 Å². The van der Waals surface area contributed by atoms with E-state index in [9.17, 15) is 21.0 Å². The fourth-order valence-corrected chi connectivity index (χ4v) is 2.31. The van der Waals surface area contributed by atoms with E-state index in [4.69, 9.17) is 5.73 Å². The van der Waals surface area contributed by atoms with Crippen LogP contribution in [0.25, 0.3) is 0 Å². The van der Waals surface area contributed by atoms with Gasteiger partial charge >= 0.3 is 0 Å². The summed E-state index contributed by atoms with van der Waals surface area (Å²) >= 11 is 0. The van der Waals surface area contributed by atoms with Crippen molar-refractivity contribution in [3.05, 3.63) is 0 Å². The summed E-state index contributed by atoms with van der Waals surface area (Å²) in [6, 6.07) is 7.68. The summed E-state index contributed by atoms with van der Waals surface area (Å²) in [5, 5.41) is 37.1. The smallest absolute Gasteiger partial charge is 0.195 e. The number of unbranched alkanes of at least 4 members (excludes halogenated alkanes) is 5. The maximum atomic E-state index is 9.27. The van der Waals surface area contributed by atoms with Gasteiger partial charge in [-0.3, -0.25) is 0 Å². The Morgan fingerprint density at radius 3 is 1.45 bits per heavy atom. The molecule has 6 nitrogen and oxygen atoms in total. The van der Waals surface area contributed by atoms with E-state index in [1.807, 2.05) is 24.3 Å². The van der Waals surface area contributed by atoms with Crippen LogP contribution in [0.4, 0.5) is 0 Å². The summed E-state index contributed by atoms with van der Waals surface area (Å²) in [5.41, 5.74) is 2.46. The van der Waals surface area contributed by atoms with Gasteiger partial charge in [0.05, 0.1) is 0 Å². The monoisotopic (exact) mass is 300 g/mol. The Hall–Kier alpha value is -2.12. The highest BCUT2D eigenvalue weighted by Gasteiger charge is 2.44. The van der Waals surface area contributed by atoms with Crippen LogP contribution in [0, 0.1) is 45.3 Å². The van der Waals surface area contributed by atoms with E-state index in [1.165, 1.54) is 18.7 Å². The number of nitrogens with two attached hydrogens (primary N) is 1. The molecule has 0 saturated carbocycles. The number of nitrogens with zero attached hydrogens (tertiary/aromatic N) is 5. The molecule has 0 aromatic rings. The van der Waals surface area contributed by atoms with Gasteiger partial charge in [-0.15, -0.1) is 0 Å². The van der Waals surface area contributed by atoms with E-state index in [-0.39, 0.29) is 0 Å². The second-order valence-electron chi connectivity index (χ2n) is 5.65. The van der Waals surface area contributed by atoms with Crippen molar-refractivity contribution in [3.63, 3.8) is 0 Å². The molecule has 0 aliphatic rings. The molecular weight excluding hydrogens is 276 g/mol. The first-order valence-corrected chi connectivity index (χ1v) is 7.57. The second-order valence-corrected chi connectivity index (χ2v) is 5.65. The molecule has 0 amide bonds. The quantitative estimate of drug-likeness (QED) is 0.616. The summed E-state index contributed by atoms with van der Waals surface area (Å²) in [4.78, 5) is 1.40. The summed E-state index contributed by atoms with van der Waals surface area (Å²) in [5.74, 6) is 0. The normalized spacial score (nSPS) is 11.3. The average Bonchev–Trinajstić information content (AvgIpc) is 2.56. The maximum Gasteiger partial charge on any atom is 0.195 e. The van der Waals surface area contributed by atoms with Crippen LogP contribution in [0.2, 0.25) is 0 Å². The predicted octanol–water partition coefficient (Wildman–Crippen LogP) is 2.20. The lowest BCUT2D eigenvalue weighted by Gasteiger charge is -2.37. The van der Waals surface area contributed by atoms with E-state index in [0.29, 0.717) is 13.1 Å². The summed E-state index contributed by atoms with van der Waals surface area (Å²) in [6.07, 6.45) is 5.93. The van der Waals surface area contributed by atoms with E-state index >= 15 is 0 Å². The van der Waals surface area contributed by atoms with Crippen LogP contribution in [0.15, 0.2) is 0 Å². The Labute approximate surface area is 133 Å². The zero-order chi connectivity index (χ0) is 17.1. The first kappa shape index (κ1) is 19.9. The van der Waals surface area contributed by atoms with Crippen molar-refractivity contribution in [2.75, 3.05) is 13.1 Å². The highest BCUT2D eigenvalue weighted by atomic mass is 15.2. The molecule has 6 heteroatoms. The van der Waals surface area contributed by atoms with Gasteiger partial charge in [0.2, 0.25) is 0 Å². The van der Waals surface area contributed by atoms with E-state index in [0.717, 1.165) is 38.5 Å². The Morgan fingerprint density at radius 2 is 1.09 bits per heavy atom. The molecule has 0 spiro atoms. The van der Waals surface area contributed by atoms with Crippen LogP contribution < -0.4 is 5.73 Å². The molecule has 0 aliphatic heterocycles. The Morgan fingerprint density at radius 1 is 0.727 bits per heavy atom. The summed E-state index contributed by atoms with van der Waals surface area (Å²) < 4.78 is 0. The Bertz CT molecular complexity index is 433. The molecule has 0 atom stereocenters. The van der Waals surface area contributed by atoms with Gasteiger partial charge in [-0.25, -0.2) is 4.90 Å². The van der Waals surface area contributed by atoms with E-state index < -0.39 is 11.1 Å². The standard InChI is InChI=1S/C16H24N6/c1-15(11-18,12-19)22(16(2,13-20)14-21)10-8-6-4-3-5-7-9-17/h3-10,17H2,1-2H3. The van der Waals surface area contributed by atoms with Gasteiger partial charge < -0.3 is 5.73 Å². The van der Waals surface area contributed by atoms with Crippen LogP contribution in [-0.4, -0.2) is 29.1 Å². The van der Waals surface area contributed by atoms with Crippen molar-refractivity contribution in [2.24, 2.45) is 5.73 Å². The third kappa shape index (κ3) is 5.34.